The normalized spacial score (nSPS) is 14.6. The number of nitrogens with zero attached hydrogens (tertiary/aromatic N) is 2. The molecule has 0 bridgehead atoms. The highest BCUT2D eigenvalue weighted by molar-refractivity contribution is 5.90. The molecule has 1 saturated heterocycles. The van der Waals surface area contributed by atoms with E-state index in [0.717, 1.165) is 49.6 Å². The monoisotopic (exact) mass is 367 g/mol. The number of hydrogen-bond donors (Lipinski definition) is 1. The van der Waals surface area contributed by atoms with Gasteiger partial charge < -0.3 is 15.0 Å². The summed E-state index contributed by atoms with van der Waals surface area (Å²) < 4.78 is 5.75. The molecule has 27 heavy (non-hydrogen) atoms. The highest BCUT2D eigenvalue weighted by Gasteiger charge is 2.16. The summed E-state index contributed by atoms with van der Waals surface area (Å²) in [7, 11) is 0. The predicted octanol–water partition coefficient (Wildman–Crippen LogP) is 2.37. The molecule has 1 heterocycles. The molecule has 2 amide bonds. The molecule has 0 unspecified atom stereocenters. The van der Waals surface area contributed by atoms with Crippen molar-refractivity contribution in [1.29, 1.82) is 0 Å². The highest BCUT2D eigenvalue weighted by atomic mass is 16.5. The molecule has 0 saturated carbocycles. The van der Waals surface area contributed by atoms with Crippen LogP contribution in [-0.2, 0) is 16.2 Å². The summed E-state index contributed by atoms with van der Waals surface area (Å²) in [4.78, 5) is 26.8. The van der Waals surface area contributed by atoms with Crippen molar-refractivity contribution < 1.29 is 14.3 Å². The van der Waals surface area contributed by atoms with Gasteiger partial charge in [-0.2, -0.15) is 0 Å². The number of amides is 2. The Labute approximate surface area is 159 Å². The molecule has 0 atom stereocenters. The first kappa shape index (κ1) is 18.9. The lowest BCUT2D eigenvalue weighted by Crippen LogP contribution is -2.46. The second-order valence-electron chi connectivity index (χ2n) is 6.58. The molecule has 0 spiro atoms. The van der Waals surface area contributed by atoms with Gasteiger partial charge >= 0.3 is 0 Å². The van der Waals surface area contributed by atoms with Gasteiger partial charge in [-0.1, -0.05) is 30.3 Å². The summed E-state index contributed by atoms with van der Waals surface area (Å²) in [5.41, 5.74) is 1.88. The van der Waals surface area contributed by atoms with E-state index in [1.807, 2.05) is 54.6 Å². The first-order chi connectivity index (χ1) is 13.2. The van der Waals surface area contributed by atoms with E-state index in [-0.39, 0.29) is 5.91 Å². The SMILES string of the molecule is O=CN1CCN(CCC(=O)Nc2ccc(OCc3ccccc3)cc2)CC1. The van der Waals surface area contributed by atoms with Crippen molar-refractivity contribution in [3.63, 3.8) is 0 Å². The average Bonchev–Trinajstić information content (AvgIpc) is 2.73. The average molecular weight is 367 g/mol. The Morgan fingerprint density at radius 3 is 2.37 bits per heavy atom. The minimum Gasteiger partial charge on any atom is -0.489 e. The van der Waals surface area contributed by atoms with Crippen LogP contribution in [0.4, 0.5) is 5.69 Å². The summed E-state index contributed by atoms with van der Waals surface area (Å²) in [6.07, 6.45) is 1.32. The van der Waals surface area contributed by atoms with Crippen LogP contribution in [0.5, 0.6) is 5.75 Å². The fourth-order valence-electron chi connectivity index (χ4n) is 2.95. The third kappa shape index (κ3) is 6.11. The van der Waals surface area contributed by atoms with E-state index in [0.29, 0.717) is 19.6 Å². The first-order valence-corrected chi connectivity index (χ1v) is 9.21. The summed E-state index contributed by atoms with van der Waals surface area (Å²) >= 11 is 0. The van der Waals surface area contributed by atoms with Crippen molar-refractivity contribution in [2.24, 2.45) is 0 Å². The topological polar surface area (TPSA) is 61.9 Å². The number of benzene rings is 2. The fraction of sp³-hybridized carbons (Fsp3) is 0.333. The molecule has 1 N–H and O–H groups in total. The third-order valence-corrected chi connectivity index (χ3v) is 4.60. The molecule has 0 aromatic heterocycles. The number of hydrogen-bond acceptors (Lipinski definition) is 4. The Balaban J connectivity index is 1.38. The molecule has 1 aliphatic rings. The van der Waals surface area contributed by atoms with Crippen LogP contribution in [0.15, 0.2) is 54.6 Å². The van der Waals surface area contributed by atoms with E-state index in [1.165, 1.54) is 0 Å². The number of ether oxygens (including phenoxy) is 1. The van der Waals surface area contributed by atoms with Crippen molar-refractivity contribution in [3.8, 4) is 5.75 Å². The van der Waals surface area contributed by atoms with Gasteiger partial charge in [0.15, 0.2) is 0 Å². The zero-order valence-electron chi connectivity index (χ0n) is 15.3. The summed E-state index contributed by atoms with van der Waals surface area (Å²) in [6.45, 7) is 4.32. The molecule has 1 fully saturated rings. The number of nitrogens with one attached hydrogen (secondary N) is 1. The lowest BCUT2D eigenvalue weighted by Gasteiger charge is -2.32. The minimum atomic E-state index is -0.00855. The Kier molecular flexibility index (Phi) is 6.82. The zero-order chi connectivity index (χ0) is 18.9. The van der Waals surface area contributed by atoms with Gasteiger partial charge in [-0.3, -0.25) is 14.5 Å². The van der Waals surface area contributed by atoms with Crippen LogP contribution in [0.2, 0.25) is 0 Å². The third-order valence-electron chi connectivity index (χ3n) is 4.60. The largest absolute Gasteiger partial charge is 0.489 e. The van der Waals surface area contributed by atoms with E-state index in [2.05, 4.69) is 10.2 Å². The maximum atomic E-state index is 12.1. The van der Waals surface area contributed by atoms with Crippen LogP contribution < -0.4 is 10.1 Å². The van der Waals surface area contributed by atoms with Gasteiger partial charge in [-0.25, -0.2) is 0 Å². The molecule has 0 radical (unpaired) electrons. The van der Waals surface area contributed by atoms with E-state index >= 15 is 0 Å². The van der Waals surface area contributed by atoms with Gasteiger partial charge in [0, 0.05) is 44.8 Å². The molecule has 6 heteroatoms. The van der Waals surface area contributed by atoms with E-state index in [1.54, 1.807) is 4.90 Å². The van der Waals surface area contributed by atoms with Gasteiger partial charge in [-0.05, 0) is 29.8 Å². The second-order valence-corrected chi connectivity index (χ2v) is 6.58. The summed E-state index contributed by atoms with van der Waals surface area (Å²) in [5, 5.41) is 2.91. The zero-order valence-corrected chi connectivity index (χ0v) is 15.3. The van der Waals surface area contributed by atoms with Gasteiger partial charge in [-0.15, -0.1) is 0 Å². The van der Waals surface area contributed by atoms with E-state index < -0.39 is 0 Å². The minimum absolute atomic E-state index is 0.00855. The van der Waals surface area contributed by atoms with Crippen molar-refractivity contribution in [1.82, 2.24) is 9.80 Å². The Hall–Kier alpha value is -2.86. The molecule has 0 aliphatic carbocycles. The Bertz CT molecular complexity index is 726. The van der Waals surface area contributed by atoms with E-state index in [9.17, 15) is 9.59 Å². The van der Waals surface area contributed by atoms with E-state index in [4.69, 9.17) is 4.74 Å². The van der Waals surface area contributed by atoms with Crippen molar-refractivity contribution in [2.75, 3.05) is 38.0 Å². The van der Waals surface area contributed by atoms with Crippen LogP contribution in [0.1, 0.15) is 12.0 Å². The lowest BCUT2D eigenvalue weighted by molar-refractivity contribution is -0.120. The van der Waals surface area contributed by atoms with Crippen LogP contribution in [0, 0.1) is 0 Å². The van der Waals surface area contributed by atoms with Gasteiger partial charge in [0.05, 0.1) is 0 Å². The Morgan fingerprint density at radius 1 is 1.00 bits per heavy atom. The number of rotatable bonds is 8. The van der Waals surface area contributed by atoms with Crippen LogP contribution in [0.3, 0.4) is 0 Å². The molecule has 1 aliphatic heterocycles. The number of anilines is 1. The highest BCUT2D eigenvalue weighted by Crippen LogP contribution is 2.17. The molecule has 142 valence electrons. The maximum Gasteiger partial charge on any atom is 0.225 e. The maximum absolute atomic E-state index is 12.1. The molecular formula is C21H25N3O3. The van der Waals surface area contributed by atoms with Crippen molar-refractivity contribution in [2.45, 2.75) is 13.0 Å². The molecule has 6 nitrogen and oxygen atoms in total. The smallest absolute Gasteiger partial charge is 0.225 e. The van der Waals surface area contributed by atoms with Crippen LogP contribution in [0.25, 0.3) is 0 Å². The quantitative estimate of drug-likeness (QED) is 0.728. The predicted molar refractivity (Wildman–Crippen MR) is 105 cm³/mol. The second kappa shape index (κ2) is 9.73. The number of carbonyl (C=O) groups excluding carboxylic acids is 2. The number of carbonyl (C=O) groups is 2. The van der Waals surface area contributed by atoms with Crippen LogP contribution >= 0.6 is 0 Å². The molecule has 2 aromatic carbocycles. The summed E-state index contributed by atoms with van der Waals surface area (Å²) in [5.74, 6) is 0.760. The first-order valence-electron chi connectivity index (χ1n) is 9.21. The van der Waals surface area contributed by atoms with Gasteiger partial charge in [0.1, 0.15) is 12.4 Å². The number of piperazine rings is 1. The van der Waals surface area contributed by atoms with Crippen LogP contribution in [-0.4, -0.2) is 54.8 Å². The fourth-order valence-corrected chi connectivity index (χ4v) is 2.95. The molecule has 3 rings (SSSR count). The molecule has 2 aromatic rings. The van der Waals surface area contributed by atoms with Gasteiger partial charge in [0.2, 0.25) is 12.3 Å². The standard InChI is InChI=1S/C21H25N3O3/c25-17-24-14-12-23(13-15-24)11-10-21(26)22-19-6-8-20(9-7-19)27-16-18-4-2-1-3-5-18/h1-9,17H,10-16H2,(H,22,26). The lowest BCUT2D eigenvalue weighted by atomic mass is 10.2. The Morgan fingerprint density at radius 2 is 1.70 bits per heavy atom. The van der Waals surface area contributed by atoms with Crippen molar-refractivity contribution >= 4 is 18.0 Å². The van der Waals surface area contributed by atoms with Crippen molar-refractivity contribution in [3.05, 3.63) is 60.2 Å². The summed E-state index contributed by atoms with van der Waals surface area (Å²) in [6, 6.07) is 17.4. The molecular weight excluding hydrogens is 342 g/mol. The van der Waals surface area contributed by atoms with Gasteiger partial charge in [0.25, 0.3) is 0 Å².